The molecule has 13 heteroatoms. The quantitative estimate of drug-likeness (QED) is 0.225. The number of benzene rings is 2. The summed E-state index contributed by atoms with van der Waals surface area (Å²) in [7, 11) is -3.99. The number of sulfonamides is 1. The lowest BCUT2D eigenvalue weighted by Gasteiger charge is -2.31. The summed E-state index contributed by atoms with van der Waals surface area (Å²) < 4.78 is 47.7. The maximum absolute atomic E-state index is 14.1. The number of hydrogen-bond acceptors (Lipinski definition) is 10. The van der Waals surface area contributed by atoms with Crippen molar-refractivity contribution in [3.05, 3.63) is 54.1 Å². The number of amides is 1. The third kappa shape index (κ3) is 7.60. The van der Waals surface area contributed by atoms with Gasteiger partial charge >= 0.3 is 6.09 Å². The van der Waals surface area contributed by atoms with Gasteiger partial charge in [-0.2, -0.15) is 4.31 Å². The molecule has 5 unspecified atom stereocenters. The number of aliphatic hydroxyl groups is 1. The van der Waals surface area contributed by atoms with Crippen LogP contribution in [0.5, 0.6) is 0 Å². The Balaban J connectivity index is 1.05. The summed E-state index contributed by atoms with van der Waals surface area (Å²) in [5.41, 5.74) is 1.64. The van der Waals surface area contributed by atoms with Crippen LogP contribution in [0.15, 0.2) is 53.4 Å². The smallest absolute Gasteiger partial charge is 0.407 e. The van der Waals surface area contributed by atoms with Crippen LogP contribution in [0, 0.1) is 29.6 Å². The van der Waals surface area contributed by atoms with Gasteiger partial charge in [-0.1, -0.05) is 55.5 Å². The number of ether oxygens (including phenoxy) is 3. The van der Waals surface area contributed by atoms with Gasteiger partial charge in [-0.05, 0) is 67.2 Å². The van der Waals surface area contributed by atoms with Crippen molar-refractivity contribution in [1.82, 2.24) is 14.6 Å². The largest absolute Gasteiger partial charge is 0.449 e. The van der Waals surface area contributed by atoms with E-state index in [-0.39, 0.29) is 48.6 Å². The van der Waals surface area contributed by atoms with Crippen molar-refractivity contribution >= 4 is 42.8 Å². The van der Waals surface area contributed by atoms with Gasteiger partial charge in [0.05, 0.1) is 47.1 Å². The molecule has 11 nitrogen and oxygen atoms in total. The van der Waals surface area contributed by atoms with Crippen LogP contribution >= 0.6 is 11.3 Å². The molecule has 47 heavy (non-hydrogen) atoms. The van der Waals surface area contributed by atoms with E-state index in [1.54, 1.807) is 18.2 Å². The molecule has 7 atom stereocenters. The number of carbonyl (C=O) groups excluding carboxylic acids is 1. The fraction of sp³-hybridized carbons (Fsp3) is 0.588. The van der Waals surface area contributed by atoms with E-state index in [1.165, 1.54) is 15.6 Å². The van der Waals surface area contributed by atoms with Gasteiger partial charge in [0.25, 0.3) is 0 Å². The van der Waals surface area contributed by atoms with E-state index in [0.29, 0.717) is 30.9 Å². The number of nitrogens with zero attached hydrogens (tertiary/aromatic N) is 2. The Labute approximate surface area is 280 Å². The molecule has 2 aromatic carbocycles. The van der Waals surface area contributed by atoms with Gasteiger partial charge in [0, 0.05) is 31.0 Å². The molecule has 0 radical (unpaired) electrons. The standard InChI is InChI=1S/C34H44N4O7S2/c1-20(2)15-38(47(41,42)25-10-11-27-30(14-25)46-33(36-27)35-24-8-9-24)16-29(39)28(12-21-6-4-3-5-7-21)37-34(40)45-19-23-18-44-32-31(23)26-13-22(26)17-43-32/h3-7,10-11,14,20,22-24,26,28-29,31-32,39H,8-9,12-13,15-19H2,1-2H3,(H,35,36)(H,37,40)/t22?,23?,26?,28-,29+,31?,32?/m0/s1. The molecule has 3 N–H and O–H groups in total. The van der Waals surface area contributed by atoms with E-state index in [2.05, 4.69) is 15.6 Å². The second-order valence-electron chi connectivity index (χ2n) is 13.9. The predicted molar refractivity (Wildman–Crippen MR) is 179 cm³/mol. The number of alkyl carbamates (subject to hydrolysis) is 1. The van der Waals surface area contributed by atoms with Crippen LogP contribution in [0.3, 0.4) is 0 Å². The highest BCUT2D eigenvalue weighted by Gasteiger charge is 2.56. The second-order valence-corrected chi connectivity index (χ2v) is 16.9. The van der Waals surface area contributed by atoms with Gasteiger partial charge in [0.15, 0.2) is 11.4 Å². The topological polar surface area (TPSA) is 139 Å². The minimum atomic E-state index is -3.99. The number of anilines is 1. The lowest BCUT2D eigenvalue weighted by molar-refractivity contribution is -0.155. The van der Waals surface area contributed by atoms with Crippen molar-refractivity contribution in [3.63, 3.8) is 0 Å². The van der Waals surface area contributed by atoms with Gasteiger partial charge in [-0.15, -0.1) is 0 Å². The first-order valence-electron chi connectivity index (χ1n) is 16.7. The van der Waals surface area contributed by atoms with Gasteiger partial charge in [-0.3, -0.25) is 0 Å². The van der Waals surface area contributed by atoms with Crippen molar-refractivity contribution in [1.29, 1.82) is 0 Å². The number of thiazole rings is 1. The van der Waals surface area contributed by atoms with Crippen LogP contribution in [0.4, 0.5) is 9.93 Å². The summed E-state index contributed by atoms with van der Waals surface area (Å²) in [4.78, 5) is 17.9. The number of hydrogen-bond donors (Lipinski definition) is 3. The number of aliphatic hydroxyl groups excluding tert-OH is 1. The normalized spacial score (nSPS) is 26.5. The molecule has 2 aliphatic carbocycles. The monoisotopic (exact) mass is 684 g/mol. The molecule has 1 amide bonds. The summed E-state index contributed by atoms with van der Waals surface area (Å²) in [5.74, 6) is 1.42. The lowest BCUT2D eigenvalue weighted by atomic mass is 9.88. The third-order valence-corrected chi connectivity index (χ3v) is 12.4. The third-order valence-electron chi connectivity index (χ3n) is 9.64. The molecule has 4 fully saturated rings. The first kappa shape index (κ1) is 32.7. The van der Waals surface area contributed by atoms with Crippen molar-refractivity contribution in [2.24, 2.45) is 29.6 Å². The molecule has 2 saturated carbocycles. The summed E-state index contributed by atoms with van der Waals surface area (Å²) in [5, 5.41) is 18.7. The zero-order chi connectivity index (χ0) is 32.7. The molecule has 2 aliphatic heterocycles. The molecular formula is C34H44N4O7S2. The van der Waals surface area contributed by atoms with Crippen LogP contribution < -0.4 is 10.6 Å². The maximum Gasteiger partial charge on any atom is 0.407 e. The van der Waals surface area contributed by atoms with Crippen molar-refractivity contribution in [2.75, 3.05) is 38.2 Å². The first-order chi connectivity index (χ1) is 22.6. The number of rotatable bonds is 14. The average molecular weight is 685 g/mol. The van der Waals surface area contributed by atoms with E-state index in [1.807, 2.05) is 44.2 Å². The van der Waals surface area contributed by atoms with Crippen molar-refractivity contribution in [2.45, 2.75) is 68.9 Å². The summed E-state index contributed by atoms with van der Waals surface area (Å²) >= 11 is 1.44. The summed E-state index contributed by atoms with van der Waals surface area (Å²) in [6.07, 6.45) is 1.57. The van der Waals surface area contributed by atoms with Crippen LogP contribution in [-0.2, 0) is 30.7 Å². The number of aromatic nitrogens is 1. The minimum Gasteiger partial charge on any atom is -0.449 e. The van der Waals surface area contributed by atoms with E-state index < -0.39 is 28.3 Å². The molecule has 0 spiro atoms. The van der Waals surface area contributed by atoms with E-state index in [0.717, 1.165) is 46.8 Å². The minimum absolute atomic E-state index is 0.00348. The lowest BCUT2D eigenvalue weighted by Crippen LogP contribution is -2.51. The van der Waals surface area contributed by atoms with Gasteiger partial charge in [0.1, 0.15) is 0 Å². The Morgan fingerprint density at radius 3 is 2.68 bits per heavy atom. The Morgan fingerprint density at radius 1 is 1.13 bits per heavy atom. The molecule has 3 aromatic rings. The molecule has 254 valence electrons. The molecule has 1 aromatic heterocycles. The summed E-state index contributed by atoms with van der Waals surface area (Å²) in [6, 6.07) is 14.1. The SMILES string of the molecule is CC(C)CN(C[C@@H](O)[C@H](Cc1ccccc1)NC(=O)OCC1COC2OCC3CC3C12)S(=O)(=O)c1ccc2nc(NC3CC3)sc2c1. The Bertz CT molecular complexity index is 1670. The summed E-state index contributed by atoms with van der Waals surface area (Å²) in [6.45, 7) is 5.29. The predicted octanol–water partition coefficient (Wildman–Crippen LogP) is 4.47. The Hall–Kier alpha value is -2.81. The number of fused-ring (bicyclic) bond motifs is 4. The van der Waals surface area contributed by atoms with Gasteiger partial charge in [-0.25, -0.2) is 18.2 Å². The maximum atomic E-state index is 14.1. The highest BCUT2D eigenvalue weighted by atomic mass is 32.2. The molecule has 3 heterocycles. The Kier molecular flexibility index (Phi) is 9.47. The van der Waals surface area contributed by atoms with Gasteiger partial charge < -0.3 is 30.0 Å². The number of carbonyl (C=O) groups is 1. The van der Waals surface area contributed by atoms with Crippen LogP contribution in [0.1, 0.15) is 38.7 Å². The van der Waals surface area contributed by atoms with Crippen LogP contribution in [0.2, 0.25) is 0 Å². The zero-order valence-corrected chi connectivity index (χ0v) is 28.4. The highest BCUT2D eigenvalue weighted by Crippen LogP contribution is 2.54. The van der Waals surface area contributed by atoms with E-state index in [9.17, 15) is 18.3 Å². The molecule has 7 rings (SSSR count). The molecule has 4 aliphatic rings. The molecule has 0 bridgehead atoms. The fourth-order valence-electron chi connectivity index (χ4n) is 6.90. The van der Waals surface area contributed by atoms with E-state index >= 15 is 0 Å². The zero-order valence-electron chi connectivity index (χ0n) is 26.8. The second kappa shape index (κ2) is 13.6. The van der Waals surface area contributed by atoms with Crippen LogP contribution in [0.25, 0.3) is 10.2 Å². The fourth-order valence-corrected chi connectivity index (χ4v) is 9.61. The number of nitrogens with one attached hydrogen (secondary N) is 2. The average Bonchev–Trinajstić information content (AvgIpc) is 3.95. The van der Waals surface area contributed by atoms with Crippen molar-refractivity contribution in [3.8, 4) is 0 Å². The van der Waals surface area contributed by atoms with Gasteiger partial charge in [0.2, 0.25) is 10.0 Å². The molecular weight excluding hydrogens is 641 g/mol. The Morgan fingerprint density at radius 2 is 1.91 bits per heavy atom. The molecule has 2 saturated heterocycles. The van der Waals surface area contributed by atoms with E-state index in [4.69, 9.17) is 14.2 Å². The van der Waals surface area contributed by atoms with Crippen LogP contribution in [-0.4, -0.2) is 86.3 Å². The highest BCUT2D eigenvalue weighted by molar-refractivity contribution is 7.89. The first-order valence-corrected chi connectivity index (χ1v) is 19.0. The van der Waals surface area contributed by atoms with Crippen molar-refractivity contribution < 1.29 is 32.5 Å².